The Hall–Kier alpha value is -1.07. The molecule has 5 heteroatoms. The number of carbonyl (C=O) groups excluding carboxylic acids is 1. The van der Waals surface area contributed by atoms with Crippen molar-refractivity contribution >= 4 is 21.8 Å². The first-order valence-corrected chi connectivity index (χ1v) is 6.22. The molecule has 1 fully saturated rings. The van der Waals surface area contributed by atoms with Gasteiger partial charge in [-0.25, -0.2) is 0 Å². The third-order valence-electron chi connectivity index (χ3n) is 2.85. The van der Waals surface area contributed by atoms with Gasteiger partial charge in [0.2, 0.25) is 0 Å². The lowest BCUT2D eigenvalue weighted by molar-refractivity contribution is 0.0763. The molecule has 1 atom stereocenters. The van der Waals surface area contributed by atoms with Crippen molar-refractivity contribution < 1.29 is 14.6 Å². The van der Waals surface area contributed by atoms with Crippen molar-refractivity contribution in [1.29, 1.82) is 0 Å². The van der Waals surface area contributed by atoms with Gasteiger partial charge in [-0.3, -0.25) is 4.79 Å². The number of β-amino-alcohol motifs (C(OH)–C–C–N with tert-alkyl or cyclic N) is 1. The Kier molecular flexibility index (Phi) is 3.69. The zero-order valence-corrected chi connectivity index (χ0v) is 11.1. The molecule has 1 aromatic carbocycles. The zero-order valence-electron chi connectivity index (χ0n) is 9.52. The number of amides is 1. The van der Waals surface area contributed by atoms with Gasteiger partial charge in [-0.05, 0) is 40.5 Å². The van der Waals surface area contributed by atoms with Gasteiger partial charge in [-0.1, -0.05) is 0 Å². The SMILES string of the molecule is COc1ccc(Br)c(C(=O)N2CC[C@H](O)C2)c1. The van der Waals surface area contributed by atoms with Crippen molar-refractivity contribution in [1.82, 2.24) is 4.90 Å². The first kappa shape index (κ1) is 12.4. The molecule has 1 N–H and O–H groups in total. The number of aliphatic hydroxyl groups excluding tert-OH is 1. The summed E-state index contributed by atoms with van der Waals surface area (Å²) >= 11 is 3.36. The summed E-state index contributed by atoms with van der Waals surface area (Å²) in [6.45, 7) is 1.01. The molecule has 17 heavy (non-hydrogen) atoms. The molecule has 1 saturated heterocycles. The number of hydrogen-bond donors (Lipinski definition) is 1. The van der Waals surface area contributed by atoms with Crippen LogP contribution in [0.4, 0.5) is 0 Å². The number of rotatable bonds is 2. The maximum Gasteiger partial charge on any atom is 0.255 e. The summed E-state index contributed by atoms with van der Waals surface area (Å²) in [7, 11) is 1.57. The minimum absolute atomic E-state index is 0.0766. The summed E-state index contributed by atoms with van der Waals surface area (Å²) < 4.78 is 5.84. The van der Waals surface area contributed by atoms with Crippen molar-refractivity contribution in [2.24, 2.45) is 0 Å². The molecule has 0 aromatic heterocycles. The summed E-state index contributed by atoms with van der Waals surface area (Å²) in [4.78, 5) is 13.9. The van der Waals surface area contributed by atoms with Gasteiger partial charge in [0.05, 0.1) is 18.8 Å². The molecular formula is C12H14BrNO3. The summed E-state index contributed by atoms with van der Waals surface area (Å²) in [5, 5.41) is 9.44. The summed E-state index contributed by atoms with van der Waals surface area (Å²) in [5.41, 5.74) is 0.568. The van der Waals surface area contributed by atoms with E-state index in [1.54, 1.807) is 30.2 Å². The Morgan fingerprint density at radius 3 is 2.94 bits per heavy atom. The number of benzene rings is 1. The molecule has 0 aliphatic carbocycles. The lowest BCUT2D eigenvalue weighted by atomic mass is 10.2. The maximum absolute atomic E-state index is 12.2. The van der Waals surface area contributed by atoms with Crippen LogP contribution in [0.3, 0.4) is 0 Å². The van der Waals surface area contributed by atoms with E-state index in [1.165, 1.54) is 0 Å². The Bertz CT molecular complexity index is 436. The highest BCUT2D eigenvalue weighted by Gasteiger charge is 2.26. The average molecular weight is 300 g/mol. The predicted molar refractivity (Wildman–Crippen MR) is 67.2 cm³/mol. The van der Waals surface area contributed by atoms with Gasteiger partial charge in [-0.2, -0.15) is 0 Å². The molecule has 0 saturated carbocycles. The van der Waals surface area contributed by atoms with Crippen molar-refractivity contribution in [3.8, 4) is 5.75 Å². The average Bonchev–Trinajstić information content (AvgIpc) is 2.76. The van der Waals surface area contributed by atoms with Crippen LogP contribution in [-0.4, -0.2) is 42.2 Å². The predicted octanol–water partition coefficient (Wildman–Crippen LogP) is 1.66. The topological polar surface area (TPSA) is 49.8 Å². The molecule has 1 heterocycles. The largest absolute Gasteiger partial charge is 0.497 e. The van der Waals surface area contributed by atoms with Gasteiger partial charge in [0.15, 0.2) is 0 Å². The second-order valence-corrected chi connectivity index (χ2v) is 4.89. The number of likely N-dealkylation sites (tertiary alicyclic amines) is 1. The van der Waals surface area contributed by atoms with E-state index in [2.05, 4.69) is 15.9 Å². The van der Waals surface area contributed by atoms with Gasteiger partial charge in [-0.15, -0.1) is 0 Å². The van der Waals surface area contributed by atoms with Crippen LogP contribution in [0.25, 0.3) is 0 Å². The summed E-state index contributed by atoms with van der Waals surface area (Å²) in [5.74, 6) is 0.573. The lowest BCUT2D eigenvalue weighted by Crippen LogP contribution is -2.29. The second kappa shape index (κ2) is 5.06. The number of methoxy groups -OCH3 is 1. The molecule has 2 rings (SSSR count). The molecule has 0 radical (unpaired) electrons. The van der Waals surface area contributed by atoms with E-state index >= 15 is 0 Å². The van der Waals surface area contributed by atoms with Crippen LogP contribution < -0.4 is 4.74 Å². The van der Waals surface area contributed by atoms with Crippen LogP contribution in [0.2, 0.25) is 0 Å². The van der Waals surface area contributed by atoms with Gasteiger partial charge in [0.25, 0.3) is 5.91 Å². The number of carbonyl (C=O) groups is 1. The fourth-order valence-electron chi connectivity index (χ4n) is 1.89. The van der Waals surface area contributed by atoms with Gasteiger partial charge in [0.1, 0.15) is 5.75 Å². The van der Waals surface area contributed by atoms with Crippen LogP contribution in [0.1, 0.15) is 16.8 Å². The summed E-state index contributed by atoms with van der Waals surface area (Å²) in [6.07, 6.45) is 0.246. The lowest BCUT2D eigenvalue weighted by Gasteiger charge is -2.16. The number of aliphatic hydroxyl groups is 1. The smallest absolute Gasteiger partial charge is 0.255 e. The van der Waals surface area contributed by atoms with Crippen LogP contribution >= 0.6 is 15.9 Å². The van der Waals surface area contributed by atoms with Gasteiger partial charge >= 0.3 is 0 Å². The first-order valence-electron chi connectivity index (χ1n) is 5.42. The Labute approximate surface area is 108 Å². The Morgan fingerprint density at radius 1 is 1.59 bits per heavy atom. The first-order chi connectivity index (χ1) is 8.11. The van der Waals surface area contributed by atoms with Crippen LogP contribution in [0.15, 0.2) is 22.7 Å². The Morgan fingerprint density at radius 2 is 2.35 bits per heavy atom. The molecule has 1 aliphatic heterocycles. The molecule has 1 amide bonds. The van der Waals surface area contributed by atoms with Crippen molar-refractivity contribution in [2.45, 2.75) is 12.5 Å². The van der Waals surface area contributed by atoms with Crippen molar-refractivity contribution in [3.05, 3.63) is 28.2 Å². The van der Waals surface area contributed by atoms with E-state index in [1.807, 2.05) is 0 Å². The van der Waals surface area contributed by atoms with Crippen LogP contribution in [0.5, 0.6) is 5.75 Å². The summed E-state index contributed by atoms with van der Waals surface area (Å²) in [6, 6.07) is 5.29. The molecule has 1 aliphatic rings. The fraction of sp³-hybridized carbons (Fsp3) is 0.417. The normalized spacial score (nSPS) is 19.5. The highest BCUT2D eigenvalue weighted by Crippen LogP contribution is 2.25. The Balaban J connectivity index is 2.24. The third-order valence-corrected chi connectivity index (χ3v) is 3.55. The molecule has 4 nitrogen and oxygen atoms in total. The third kappa shape index (κ3) is 2.61. The molecule has 92 valence electrons. The fourth-order valence-corrected chi connectivity index (χ4v) is 2.31. The highest BCUT2D eigenvalue weighted by molar-refractivity contribution is 9.10. The van der Waals surface area contributed by atoms with Gasteiger partial charge in [0, 0.05) is 17.6 Å². The number of halogens is 1. The molecule has 0 bridgehead atoms. The molecule has 0 spiro atoms. The minimum Gasteiger partial charge on any atom is -0.497 e. The van der Waals surface area contributed by atoms with E-state index in [-0.39, 0.29) is 5.91 Å². The van der Waals surface area contributed by atoms with Gasteiger partial charge < -0.3 is 14.7 Å². The van der Waals surface area contributed by atoms with Crippen LogP contribution in [-0.2, 0) is 0 Å². The van der Waals surface area contributed by atoms with E-state index in [0.717, 1.165) is 4.47 Å². The van der Waals surface area contributed by atoms with Crippen molar-refractivity contribution in [2.75, 3.05) is 20.2 Å². The molecule has 0 unspecified atom stereocenters. The zero-order chi connectivity index (χ0) is 12.4. The van der Waals surface area contributed by atoms with E-state index < -0.39 is 6.10 Å². The number of ether oxygens (including phenoxy) is 1. The monoisotopic (exact) mass is 299 g/mol. The molecule has 1 aromatic rings. The molecular weight excluding hydrogens is 286 g/mol. The van der Waals surface area contributed by atoms with E-state index in [4.69, 9.17) is 4.74 Å². The number of hydrogen-bond acceptors (Lipinski definition) is 3. The van der Waals surface area contributed by atoms with E-state index in [9.17, 15) is 9.90 Å². The maximum atomic E-state index is 12.2. The number of nitrogens with zero attached hydrogens (tertiary/aromatic N) is 1. The standard InChI is InChI=1S/C12H14BrNO3/c1-17-9-2-3-11(13)10(6-9)12(16)14-5-4-8(15)7-14/h2-3,6,8,15H,4-5,7H2,1H3/t8-/m0/s1. The highest BCUT2D eigenvalue weighted by atomic mass is 79.9. The van der Waals surface area contributed by atoms with Crippen molar-refractivity contribution in [3.63, 3.8) is 0 Å². The van der Waals surface area contributed by atoms with Crippen LogP contribution in [0, 0.1) is 0 Å². The minimum atomic E-state index is -0.400. The quantitative estimate of drug-likeness (QED) is 0.904. The van der Waals surface area contributed by atoms with E-state index in [0.29, 0.717) is 30.8 Å². The second-order valence-electron chi connectivity index (χ2n) is 4.04.